The van der Waals surface area contributed by atoms with Crippen molar-refractivity contribution in [3.63, 3.8) is 0 Å². The van der Waals surface area contributed by atoms with Gasteiger partial charge in [-0.1, -0.05) is 44.2 Å². The number of amides is 2. The summed E-state index contributed by atoms with van der Waals surface area (Å²) in [5, 5.41) is 11.2. The van der Waals surface area contributed by atoms with E-state index in [2.05, 4.69) is 20.6 Å². The van der Waals surface area contributed by atoms with Crippen molar-refractivity contribution in [3.8, 4) is 0 Å². The predicted molar refractivity (Wildman–Crippen MR) is 139 cm³/mol. The average Bonchev–Trinajstić information content (AvgIpc) is 2.88. The second-order valence-electron chi connectivity index (χ2n) is 9.41. The number of morpholine rings is 1. The minimum atomic E-state index is -0.358. The minimum absolute atomic E-state index is 0.0502. The maximum atomic E-state index is 13.1. The quantitative estimate of drug-likeness (QED) is 0.477. The fraction of sp³-hybridized carbons (Fsp3) is 0.407. The van der Waals surface area contributed by atoms with Gasteiger partial charge in [-0.25, -0.2) is 4.68 Å². The molecule has 9 heteroatoms. The van der Waals surface area contributed by atoms with Gasteiger partial charge in [-0.3, -0.25) is 19.3 Å². The van der Waals surface area contributed by atoms with Crippen LogP contribution in [-0.2, 0) is 22.6 Å². The molecule has 190 valence electrons. The highest BCUT2D eigenvalue weighted by Gasteiger charge is 2.17. The van der Waals surface area contributed by atoms with Crippen molar-refractivity contribution in [2.24, 2.45) is 5.92 Å². The molecule has 2 amide bonds. The van der Waals surface area contributed by atoms with Crippen molar-refractivity contribution in [1.82, 2.24) is 20.0 Å². The first-order chi connectivity index (χ1) is 17.4. The van der Waals surface area contributed by atoms with Crippen LogP contribution in [0.25, 0.3) is 10.8 Å². The first-order valence-electron chi connectivity index (χ1n) is 12.4. The molecule has 3 aromatic rings. The van der Waals surface area contributed by atoms with E-state index in [0.717, 1.165) is 18.7 Å². The molecule has 2 N–H and O–H groups in total. The van der Waals surface area contributed by atoms with Crippen molar-refractivity contribution >= 4 is 28.3 Å². The van der Waals surface area contributed by atoms with Gasteiger partial charge in [0.05, 0.1) is 18.6 Å². The van der Waals surface area contributed by atoms with Crippen LogP contribution in [0.2, 0.25) is 0 Å². The van der Waals surface area contributed by atoms with E-state index in [4.69, 9.17) is 4.74 Å². The van der Waals surface area contributed by atoms with E-state index < -0.39 is 0 Å². The highest BCUT2D eigenvalue weighted by Crippen LogP contribution is 2.15. The highest BCUT2D eigenvalue weighted by atomic mass is 16.5. The largest absolute Gasteiger partial charge is 0.379 e. The number of hydrogen-bond donors (Lipinski definition) is 2. The van der Waals surface area contributed by atoms with Gasteiger partial charge in [-0.15, -0.1) is 0 Å². The first kappa shape index (κ1) is 25.5. The van der Waals surface area contributed by atoms with Gasteiger partial charge in [0, 0.05) is 50.2 Å². The monoisotopic (exact) mass is 491 g/mol. The van der Waals surface area contributed by atoms with E-state index in [9.17, 15) is 14.4 Å². The molecule has 2 aromatic carbocycles. The summed E-state index contributed by atoms with van der Waals surface area (Å²) in [7, 11) is 0. The Morgan fingerprint density at radius 2 is 1.81 bits per heavy atom. The Balaban J connectivity index is 1.40. The molecule has 2 heterocycles. The molecule has 1 fully saturated rings. The van der Waals surface area contributed by atoms with Crippen LogP contribution in [0.4, 0.5) is 5.69 Å². The molecule has 1 saturated heterocycles. The number of rotatable bonds is 9. The Morgan fingerprint density at radius 1 is 1.06 bits per heavy atom. The molecule has 1 aliphatic heterocycles. The summed E-state index contributed by atoms with van der Waals surface area (Å²) < 4.78 is 6.71. The van der Waals surface area contributed by atoms with E-state index >= 15 is 0 Å². The number of anilines is 1. The van der Waals surface area contributed by atoms with Crippen molar-refractivity contribution in [2.45, 2.75) is 33.4 Å². The average molecular weight is 492 g/mol. The number of benzene rings is 2. The van der Waals surface area contributed by atoms with Crippen molar-refractivity contribution in [2.75, 3.05) is 38.2 Å². The number of carbonyl (C=O) groups excluding carboxylic acids is 2. The molecule has 1 aromatic heterocycles. The molecule has 1 aliphatic rings. The molecule has 0 bridgehead atoms. The van der Waals surface area contributed by atoms with Gasteiger partial charge in [0.25, 0.3) is 11.5 Å². The maximum Gasteiger partial charge on any atom is 0.274 e. The third kappa shape index (κ3) is 6.56. The second-order valence-corrected chi connectivity index (χ2v) is 9.41. The summed E-state index contributed by atoms with van der Waals surface area (Å²) in [6.07, 6.45) is 0.409. The molecule has 0 atom stereocenters. The van der Waals surface area contributed by atoms with Crippen LogP contribution in [0.5, 0.6) is 0 Å². The number of fused-ring (bicyclic) bond motifs is 1. The zero-order valence-electron chi connectivity index (χ0n) is 20.8. The smallest absolute Gasteiger partial charge is 0.274 e. The van der Waals surface area contributed by atoms with Gasteiger partial charge in [0.1, 0.15) is 0 Å². The number of aromatic nitrogens is 2. The number of nitrogens with one attached hydrogen (secondary N) is 2. The molecule has 0 unspecified atom stereocenters. The highest BCUT2D eigenvalue weighted by molar-refractivity contribution is 6.04. The number of carbonyl (C=O) groups is 2. The van der Waals surface area contributed by atoms with E-state index in [1.807, 2.05) is 38.1 Å². The predicted octanol–water partition coefficient (Wildman–Crippen LogP) is 2.64. The lowest BCUT2D eigenvalue weighted by Crippen LogP contribution is -2.38. The number of ether oxygens (including phenoxy) is 1. The number of nitrogens with zero attached hydrogens (tertiary/aromatic N) is 3. The molecule has 0 spiro atoms. The van der Waals surface area contributed by atoms with Crippen LogP contribution in [0.1, 0.15) is 36.3 Å². The zero-order chi connectivity index (χ0) is 25.5. The standard InChI is InChI=1S/C27H33N5O4/c1-19(2)18-32-27(35)23-9-4-3-8-22(23)25(30-32)26(34)28-17-20-6-5-7-21(16-20)29-24(33)10-11-31-12-14-36-15-13-31/h3-9,16,19H,10-15,17-18H2,1-2H3,(H,28,34)(H,29,33). The van der Waals surface area contributed by atoms with Crippen LogP contribution in [0.3, 0.4) is 0 Å². The van der Waals surface area contributed by atoms with Crippen LogP contribution in [0.15, 0.2) is 53.3 Å². The Bertz CT molecular complexity index is 1280. The summed E-state index contributed by atoms with van der Waals surface area (Å²) in [5.74, 6) is -0.200. The van der Waals surface area contributed by atoms with Gasteiger partial charge < -0.3 is 15.4 Å². The Morgan fingerprint density at radius 3 is 2.56 bits per heavy atom. The zero-order valence-corrected chi connectivity index (χ0v) is 20.8. The van der Waals surface area contributed by atoms with Crippen LogP contribution < -0.4 is 16.2 Å². The van der Waals surface area contributed by atoms with Crippen molar-refractivity contribution in [3.05, 3.63) is 70.1 Å². The van der Waals surface area contributed by atoms with Gasteiger partial charge in [-0.05, 0) is 29.7 Å². The van der Waals surface area contributed by atoms with Gasteiger partial charge in [0.15, 0.2) is 5.69 Å². The molecule has 0 aliphatic carbocycles. The van der Waals surface area contributed by atoms with Crippen LogP contribution >= 0.6 is 0 Å². The second kappa shape index (κ2) is 11.9. The SMILES string of the molecule is CC(C)Cn1nc(C(=O)NCc2cccc(NC(=O)CCN3CCOCC3)c2)c2ccccc2c1=O. The molecule has 9 nitrogen and oxygen atoms in total. The summed E-state index contributed by atoms with van der Waals surface area (Å²) in [4.78, 5) is 40.5. The molecule has 0 radical (unpaired) electrons. The summed E-state index contributed by atoms with van der Waals surface area (Å²) in [5.41, 5.74) is 1.54. The Kier molecular flexibility index (Phi) is 8.45. The lowest BCUT2D eigenvalue weighted by molar-refractivity contribution is -0.116. The fourth-order valence-electron chi connectivity index (χ4n) is 4.21. The van der Waals surface area contributed by atoms with E-state index in [-0.39, 0.29) is 35.5 Å². The van der Waals surface area contributed by atoms with Gasteiger partial charge in [-0.2, -0.15) is 5.10 Å². The molecular weight excluding hydrogens is 458 g/mol. The van der Waals surface area contributed by atoms with E-state index in [1.165, 1.54) is 4.68 Å². The topological polar surface area (TPSA) is 106 Å². The van der Waals surface area contributed by atoms with E-state index in [0.29, 0.717) is 49.2 Å². The first-order valence-corrected chi connectivity index (χ1v) is 12.4. The maximum absolute atomic E-state index is 13.1. The van der Waals surface area contributed by atoms with Crippen molar-refractivity contribution in [1.29, 1.82) is 0 Å². The Hall–Kier alpha value is -3.56. The molecular formula is C27H33N5O4. The third-order valence-corrected chi connectivity index (χ3v) is 6.04. The molecule has 4 rings (SSSR count). The summed E-state index contributed by atoms with van der Waals surface area (Å²) in [6, 6.07) is 14.4. The summed E-state index contributed by atoms with van der Waals surface area (Å²) in [6.45, 7) is 8.49. The molecule has 36 heavy (non-hydrogen) atoms. The third-order valence-electron chi connectivity index (χ3n) is 6.04. The lowest BCUT2D eigenvalue weighted by Gasteiger charge is -2.26. The van der Waals surface area contributed by atoms with E-state index in [1.54, 1.807) is 24.3 Å². The fourth-order valence-corrected chi connectivity index (χ4v) is 4.21. The Labute approximate surface area is 210 Å². The normalized spacial score (nSPS) is 14.2. The lowest BCUT2D eigenvalue weighted by atomic mass is 10.1. The van der Waals surface area contributed by atoms with Gasteiger partial charge >= 0.3 is 0 Å². The molecule has 0 saturated carbocycles. The van der Waals surface area contributed by atoms with Gasteiger partial charge in [0.2, 0.25) is 5.91 Å². The number of hydrogen-bond acceptors (Lipinski definition) is 6. The van der Waals surface area contributed by atoms with Crippen LogP contribution in [-0.4, -0.2) is 59.3 Å². The summed E-state index contributed by atoms with van der Waals surface area (Å²) >= 11 is 0. The van der Waals surface area contributed by atoms with Crippen molar-refractivity contribution < 1.29 is 14.3 Å². The minimum Gasteiger partial charge on any atom is -0.379 e. The van der Waals surface area contributed by atoms with Crippen LogP contribution in [0, 0.1) is 5.92 Å².